The van der Waals surface area contributed by atoms with E-state index in [1.54, 1.807) is 43.3 Å². The Morgan fingerprint density at radius 2 is 1.55 bits per heavy atom. The number of nitrogen functional groups attached to an aromatic ring is 1. The number of benzene rings is 3. The molecule has 1 fully saturated rings. The van der Waals surface area contributed by atoms with Crippen LogP contribution in [0.3, 0.4) is 0 Å². The molecule has 8 heteroatoms. The molecule has 3 aromatic rings. The van der Waals surface area contributed by atoms with Crippen molar-refractivity contribution in [3.63, 3.8) is 0 Å². The van der Waals surface area contributed by atoms with Crippen LogP contribution in [0.5, 0.6) is 0 Å². The van der Waals surface area contributed by atoms with E-state index in [4.69, 9.17) is 15.2 Å². The van der Waals surface area contributed by atoms with Gasteiger partial charge in [-0.3, -0.25) is 14.5 Å². The molecule has 0 bridgehead atoms. The number of halogens is 1. The minimum atomic E-state index is -0.514. The fourth-order valence-electron chi connectivity index (χ4n) is 4.70. The second-order valence-corrected chi connectivity index (χ2v) is 10.9. The monoisotopic (exact) mass is 606 g/mol. The third-order valence-corrected chi connectivity index (χ3v) is 7.75. The molecular formula is C32H35BrN2O5. The summed E-state index contributed by atoms with van der Waals surface area (Å²) < 4.78 is 11.6. The number of nitrogens with zero attached hydrogens (tertiary/aromatic N) is 1. The largest absolute Gasteiger partial charge is 0.465 e. The number of carbonyl (C=O) groups is 3. The smallest absolute Gasteiger partial charge is 0.338 e. The average molecular weight is 608 g/mol. The summed E-state index contributed by atoms with van der Waals surface area (Å²) in [6, 6.07) is 19.6. The van der Waals surface area contributed by atoms with Crippen LogP contribution in [0, 0.1) is 0 Å². The summed E-state index contributed by atoms with van der Waals surface area (Å²) in [4.78, 5) is 40.4. The molecule has 4 rings (SSSR count). The molecule has 2 N–H and O–H groups in total. The summed E-state index contributed by atoms with van der Waals surface area (Å²) in [6.07, 6.45) is 3.48. The zero-order valence-electron chi connectivity index (χ0n) is 22.7. The summed E-state index contributed by atoms with van der Waals surface area (Å²) in [7, 11) is 0. The highest BCUT2D eigenvalue weighted by Gasteiger charge is 2.20. The minimum Gasteiger partial charge on any atom is -0.465 e. The maximum absolute atomic E-state index is 12.8. The molecule has 210 valence electrons. The van der Waals surface area contributed by atoms with Crippen molar-refractivity contribution in [2.24, 2.45) is 0 Å². The van der Waals surface area contributed by atoms with Crippen molar-refractivity contribution in [2.45, 2.75) is 45.1 Å². The first-order valence-corrected chi connectivity index (χ1v) is 14.5. The van der Waals surface area contributed by atoms with Crippen LogP contribution in [0.2, 0.25) is 0 Å². The first kappa shape index (κ1) is 29.5. The Balaban J connectivity index is 1.20. The van der Waals surface area contributed by atoms with Gasteiger partial charge in [-0.25, -0.2) is 4.79 Å². The van der Waals surface area contributed by atoms with Crippen LogP contribution in [-0.2, 0) is 20.8 Å². The molecule has 0 aromatic heterocycles. The Kier molecular flexibility index (Phi) is 10.5. The first-order chi connectivity index (χ1) is 19.3. The topological polar surface area (TPSA) is 98.9 Å². The SMILES string of the molecule is CC(C(=O)OCCCCOC(=O)c1cc(Br)c(N)c(CN2CCCC2)c1)c1cccc(C(=O)c2ccccc2)c1. The Hall–Kier alpha value is -3.49. The number of hydrogen-bond donors (Lipinski definition) is 1. The number of ketones is 1. The van der Waals surface area contributed by atoms with Gasteiger partial charge >= 0.3 is 11.9 Å². The van der Waals surface area contributed by atoms with Gasteiger partial charge in [0.15, 0.2) is 5.78 Å². The minimum absolute atomic E-state index is 0.0910. The van der Waals surface area contributed by atoms with Crippen molar-refractivity contribution in [3.8, 4) is 0 Å². The molecule has 3 aromatic carbocycles. The fraction of sp³-hybridized carbons (Fsp3) is 0.344. The van der Waals surface area contributed by atoms with Crippen molar-refractivity contribution >= 4 is 39.3 Å². The standard InChI is InChI=1S/C32H35BrN2O5/c1-22(24-12-9-13-25(18-24)30(36)23-10-3-2-4-11-23)31(37)39-16-7-8-17-40-32(38)26-19-27(29(34)28(33)20-26)21-35-14-5-6-15-35/h2-4,9-13,18-20,22H,5-8,14-17,21,34H2,1H3. The van der Waals surface area contributed by atoms with E-state index in [0.717, 1.165) is 24.2 Å². The molecule has 0 amide bonds. The molecule has 0 saturated carbocycles. The van der Waals surface area contributed by atoms with E-state index in [2.05, 4.69) is 20.8 Å². The third kappa shape index (κ3) is 7.79. The Morgan fingerprint density at radius 1 is 0.875 bits per heavy atom. The van der Waals surface area contributed by atoms with Crippen molar-refractivity contribution in [1.82, 2.24) is 4.90 Å². The molecule has 0 aliphatic carbocycles. The van der Waals surface area contributed by atoms with E-state index in [1.807, 2.05) is 30.3 Å². The van der Waals surface area contributed by atoms with Crippen LogP contribution < -0.4 is 5.73 Å². The highest BCUT2D eigenvalue weighted by Crippen LogP contribution is 2.28. The number of unbranched alkanes of at least 4 members (excludes halogenated alkanes) is 1. The highest BCUT2D eigenvalue weighted by molar-refractivity contribution is 9.10. The molecule has 0 radical (unpaired) electrons. The first-order valence-electron chi connectivity index (χ1n) is 13.7. The van der Waals surface area contributed by atoms with Gasteiger partial charge in [0.05, 0.1) is 30.4 Å². The Bertz CT molecular complexity index is 1340. The van der Waals surface area contributed by atoms with Gasteiger partial charge in [0, 0.05) is 22.1 Å². The summed E-state index contributed by atoms with van der Waals surface area (Å²) in [5.74, 6) is -1.37. The van der Waals surface area contributed by atoms with Crippen LogP contribution in [0.25, 0.3) is 0 Å². The second-order valence-electron chi connectivity index (χ2n) is 10.1. The molecule has 1 atom stereocenters. The van der Waals surface area contributed by atoms with Crippen LogP contribution >= 0.6 is 15.9 Å². The second kappa shape index (κ2) is 14.2. The zero-order valence-corrected chi connectivity index (χ0v) is 24.3. The lowest BCUT2D eigenvalue weighted by atomic mass is 9.96. The van der Waals surface area contributed by atoms with Gasteiger partial charge in [-0.15, -0.1) is 0 Å². The van der Waals surface area contributed by atoms with Gasteiger partial charge in [0.1, 0.15) is 0 Å². The summed E-state index contributed by atoms with van der Waals surface area (Å²) in [6.45, 7) is 4.99. The maximum Gasteiger partial charge on any atom is 0.338 e. The van der Waals surface area contributed by atoms with Crippen molar-refractivity contribution < 1.29 is 23.9 Å². The summed E-state index contributed by atoms with van der Waals surface area (Å²) in [5.41, 5.74) is 10.1. The van der Waals surface area contributed by atoms with Gasteiger partial charge < -0.3 is 15.2 Å². The molecule has 1 heterocycles. The lowest BCUT2D eigenvalue weighted by Crippen LogP contribution is -2.20. The van der Waals surface area contributed by atoms with Gasteiger partial charge in [0.2, 0.25) is 0 Å². The predicted octanol–water partition coefficient (Wildman–Crippen LogP) is 6.14. The van der Waals surface area contributed by atoms with Crippen molar-refractivity contribution in [1.29, 1.82) is 0 Å². The molecule has 1 saturated heterocycles. The number of nitrogens with two attached hydrogens (primary N) is 1. The number of carbonyl (C=O) groups excluding carboxylic acids is 3. The molecular weight excluding hydrogens is 572 g/mol. The van der Waals surface area contributed by atoms with Crippen LogP contribution in [-0.4, -0.2) is 48.9 Å². The number of esters is 2. The van der Waals surface area contributed by atoms with Crippen molar-refractivity contribution in [3.05, 3.63) is 99.0 Å². The summed E-state index contributed by atoms with van der Waals surface area (Å²) in [5, 5.41) is 0. The van der Waals surface area contributed by atoms with Crippen LogP contribution in [0.15, 0.2) is 71.2 Å². The van der Waals surface area contributed by atoms with Gasteiger partial charge in [-0.05, 0) is 91.0 Å². The van der Waals surface area contributed by atoms with E-state index < -0.39 is 11.9 Å². The third-order valence-electron chi connectivity index (χ3n) is 7.10. The molecule has 7 nitrogen and oxygen atoms in total. The number of ether oxygens (including phenoxy) is 2. The zero-order chi connectivity index (χ0) is 28.5. The van der Waals surface area contributed by atoms with Crippen LogP contribution in [0.4, 0.5) is 5.69 Å². The lowest BCUT2D eigenvalue weighted by molar-refractivity contribution is -0.145. The number of anilines is 1. The summed E-state index contributed by atoms with van der Waals surface area (Å²) >= 11 is 3.46. The van der Waals surface area contributed by atoms with E-state index in [0.29, 0.717) is 46.2 Å². The van der Waals surface area contributed by atoms with E-state index >= 15 is 0 Å². The highest BCUT2D eigenvalue weighted by atomic mass is 79.9. The molecule has 1 aliphatic heterocycles. The maximum atomic E-state index is 12.8. The van der Waals surface area contributed by atoms with E-state index in [-0.39, 0.29) is 25.0 Å². The normalized spacial score (nSPS) is 14.1. The average Bonchev–Trinajstić information content (AvgIpc) is 3.49. The predicted molar refractivity (Wildman–Crippen MR) is 158 cm³/mol. The quantitative estimate of drug-likeness (QED) is 0.114. The lowest BCUT2D eigenvalue weighted by Gasteiger charge is -2.17. The van der Waals surface area contributed by atoms with E-state index in [1.165, 1.54) is 12.8 Å². The van der Waals surface area contributed by atoms with Crippen LogP contribution in [0.1, 0.15) is 75.9 Å². The molecule has 40 heavy (non-hydrogen) atoms. The number of likely N-dealkylation sites (tertiary alicyclic amines) is 1. The van der Waals surface area contributed by atoms with Gasteiger partial charge in [-0.2, -0.15) is 0 Å². The molecule has 1 unspecified atom stereocenters. The van der Waals surface area contributed by atoms with Gasteiger partial charge in [-0.1, -0.05) is 48.5 Å². The van der Waals surface area contributed by atoms with E-state index in [9.17, 15) is 14.4 Å². The van der Waals surface area contributed by atoms with Crippen molar-refractivity contribution in [2.75, 3.05) is 32.0 Å². The Morgan fingerprint density at radius 3 is 2.27 bits per heavy atom. The molecule has 0 spiro atoms. The number of rotatable bonds is 12. The fourth-order valence-corrected chi connectivity index (χ4v) is 5.20. The molecule has 1 aliphatic rings. The number of hydrogen-bond acceptors (Lipinski definition) is 7. The van der Waals surface area contributed by atoms with Gasteiger partial charge in [0.25, 0.3) is 0 Å². The Labute approximate surface area is 243 Å².